The summed E-state index contributed by atoms with van der Waals surface area (Å²) in [7, 11) is 0. The fraction of sp³-hybridized carbons (Fsp3) is 1.00. The summed E-state index contributed by atoms with van der Waals surface area (Å²) < 4.78 is 0. The van der Waals surface area contributed by atoms with E-state index >= 15 is 0 Å². The molecule has 0 aromatic heterocycles. The third-order valence-corrected chi connectivity index (χ3v) is 4.88. The van der Waals surface area contributed by atoms with Crippen molar-refractivity contribution >= 4 is 0 Å². The van der Waals surface area contributed by atoms with Crippen molar-refractivity contribution in [2.45, 2.75) is 39.2 Å². The molecule has 3 aliphatic rings. The zero-order valence-electron chi connectivity index (χ0n) is 10.1. The predicted molar refractivity (Wildman–Crippen MR) is 62.8 cm³/mol. The monoisotopic (exact) mass is 208 g/mol. The summed E-state index contributed by atoms with van der Waals surface area (Å²) in [6.07, 6.45) is 4.31. The Bertz CT molecular complexity index is 237. The van der Waals surface area contributed by atoms with Crippen molar-refractivity contribution in [3.63, 3.8) is 0 Å². The molecule has 1 saturated carbocycles. The molecule has 0 radical (unpaired) electrons. The van der Waals surface area contributed by atoms with Gasteiger partial charge in [0.05, 0.1) is 0 Å². The second-order valence-corrected chi connectivity index (χ2v) is 6.69. The van der Waals surface area contributed by atoms with Gasteiger partial charge in [0, 0.05) is 19.1 Å². The van der Waals surface area contributed by atoms with Crippen LogP contribution in [0.3, 0.4) is 0 Å². The van der Waals surface area contributed by atoms with E-state index in [1.165, 1.54) is 45.4 Å². The third-order valence-electron chi connectivity index (χ3n) is 4.88. The Hall–Kier alpha value is -0.0800. The van der Waals surface area contributed by atoms with Crippen LogP contribution in [0.4, 0.5) is 0 Å². The quantitative estimate of drug-likeness (QED) is 0.706. The molecule has 0 aromatic carbocycles. The average molecular weight is 208 g/mol. The highest BCUT2D eigenvalue weighted by atomic mass is 15.2. The van der Waals surface area contributed by atoms with E-state index in [0.717, 1.165) is 17.9 Å². The summed E-state index contributed by atoms with van der Waals surface area (Å²) in [6.45, 7) is 10.2. The Kier molecular flexibility index (Phi) is 2.33. The standard InChI is InChI=1S/C13H24N2/c1-13(2)4-3-12(5-13)15-8-10-6-14-7-11(10)9-15/h10-12,14H,3-9H2,1-2H3. The van der Waals surface area contributed by atoms with E-state index in [2.05, 4.69) is 24.1 Å². The molecule has 2 heterocycles. The van der Waals surface area contributed by atoms with Crippen LogP contribution in [0.5, 0.6) is 0 Å². The van der Waals surface area contributed by atoms with Gasteiger partial charge in [0.1, 0.15) is 0 Å². The van der Waals surface area contributed by atoms with Crippen LogP contribution >= 0.6 is 0 Å². The van der Waals surface area contributed by atoms with Crippen LogP contribution in [0.15, 0.2) is 0 Å². The average Bonchev–Trinajstić information content (AvgIpc) is 2.75. The first-order chi connectivity index (χ1) is 7.14. The molecule has 2 saturated heterocycles. The summed E-state index contributed by atoms with van der Waals surface area (Å²) in [5, 5.41) is 3.52. The van der Waals surface area contributed by atoms with E-state index in [-0.39, 0.29) is 0 Å². The van der Waals surface area contributed by atoms with E-state index in [4.69, 9.17) is 0 Å². The summed E-state index contributed by atoms with van der Waals surface area (Å²) >= 11 is 0. The van der Waals surface area contributed by atoms with Gasteiger partial charge in [-0.15, -0.1) is 0 Å². The SMILES string of the molecule is CC1(C)CCC(N2CC3CNCC3C2)C1. The van der Waals surface area contributed by atoms with Gasteiger partial charge in [0.25, 0.3) is 0 Å². The number of hydrogen-bond acceptors (Lipinski definition) is 2. The highest BCUT2D eigenvalue weighted by molar-refractivity contribution is 4.96. The Balaban J connectivity index is 1.61. The van der Waals surface area contributed by atoms with Gasteiger partial charge in [0.15, 0.2) is 0 Å². The van der Waals surface area contributed by atoms with Crippen LogP contribution in [0, 0.1) is 17.3 Å². The number of nitrogens with zero attached hydrogens (tertiary/aromatic N) is 1. The molecule has 0 bridgehead atoms. The van der Waals surface area contributed by atoms with Crippen molar-refractivity contribution in [3.05, 3.63) is 0 Å². The first-order valence-corrected chi connectivity index (χ1v) is 6.59. The van der Waals surface area contributed by atoms with Gasteiger partial charge in [-0.3, -0.25) is 4.90 Å². The van der Waals surface area contributed by atoms with Crippen molar-refractivity contribution < 1.29 is 0 Å². The largest absolute Gasteiger partial charge is 0.316 e. The summed E-state index contributed by atoms with van der Waals surface area (Å²) in [6, 6.07) is 0.908. The van der Waals surface area contributed by atoms with Gasteiger partial charge in [-0.25, -0.2) is 0 Å². The number of hydrogen-bond donors (Lipinski definition) is 1. The Labute approximate surface area is 93.4 Å². The zero-order chi connectivity index (χ0) is 10.5. The van der Waals surface area contributed by atoms with Gasteiger partial charge in [-0.05, 0) is 49.6 Å². The third kappa shape index (κ3) is 1.83. The molecule has 3 fully saturated rings. The molecule has 2 heteroatoms. The van der Waals surface area contributed by atoms with Crippen LogP contribution < -0.4 is 5.32 Å². The molecule has 2 nitrogen and oxygen atoms in total. The lowest BCUT2D eigenvalue weighted by Crippen LogP contribution is -2.34. The summed E-state index contributed by atoms with van der Waals surface area (Å²) in [4.78, 5) is 2.80. The van der Waals surface area contributed by atoms with Gasteiger partial charge < -0.3 is 5.32 Å². The topological polar surface area (TPSA) is 15.3 Å². The number of rotatable bonds is 1. The maximum Gasteiger partial charge on any atom is 0.0101 e. The van der Waals surface area contributed by atoms with Gasteiger partial charge in [-0.1, -0.05) is 13.8 Å². The fourth-order valence-electron chi connectivity index (χ4n) is 3.90. The smallest absolute Gasteiger partial charge is 0.0101 e. The second kappa shape index (κ2) is 3.46. The molecular formula is C13H24N2. The van der Waals surface area contributed by atoms with E-state index in [9.17, 15) is 0 Å². The first kappa shape index (κ1) is 10.1. The van der Waals surface area contributed by atoms with E-state index < -0.39 is 0 Å². The molecule has 0 spiro atoms. The highest BCUT2D eigenvalue weighted by Gasteiger charge is 2.42. The maximum absolute atomic E-state index is 3.52. The minimum Gasteiger partial charge on any atom is -0.316 e. The lowest BCUT2D eigenvalue weighted by molar-refractivity contribution is 0.213. The molecule has 86 valence electrons. The molecular weight excluding hydrogens is 184 g/mol. The van der Waals surface area contributed by atoms with Crippen LogP contribution in [0.2, 0.25) is 0 Å². The molecule has 15 heavy (non-hydrogen) atoms. The molecule has 2 aliphatic heterocycles. The molecule has 1 N–H and O–H groups in total. The van der Waals surface area contributed by atoms with Gasteiger partial charge in [-0.2, -0.15) is 0 Å². The van der Waals surface area contributed by atoms with E-state index in [1.807, 2.05) is 0 Å². The molecule has 3 rings (SSSR count). The lowest BCUT2D eigenvalue weighted by Gasteiger charge is -2.26. The predicted octanol–water partition coefficient (Wildman–Crippen LogP) is 1.72. The fourth-order valence-corrected chi connectivity index (χ4v) is 3.90. The van der Waals surface area contributed by atoms with Crippen LogP contribution in [-0.4, -0.2) is 37.1 Å². The maximum atomic E-state index is 3.52. The normalized spacial score (nSPS) is 44.8. The lowest BCUT2D eigenvalue weighted by atomic mass is 9.91. The van der Waals surface area contributed by atoms with Gasteiger partial charge in [0.2, 0.25) is 0 Å². The van der Waals surface area contributed by atoms with Crippen LogP contribution in [0.25, 0.3) is 0 Å². The second-order valence-electron chi connectivity index (χ2n) is 6.69. The number of fused-ring (bicyclic) bond motifs is 1. The van der Waals surface area contributed by atoms with Crippen molar-refractivity contribution in [1.82, 2.24) is 10.2 Å². The van der Waals surface area contributed by atoms with E-state index in [0.29, 0.717) is 5.41 Å². The van der Waals surface area contributed by atoms with Crippen molar-refractivity contribution in [2.75, 3.05) is 26.2 Å². The van der Waals surface area contributed by atoms with Crippen LogP contribution in [0.1, 0.15) is 33.1 Å². The Morgan fingerprint density at radius 3 is 2.33 bits per heavy atom. The Morgan fingerprint density at radius 2 is 1.80 bits per heavy atom. The van der Waals surface area contributed by atoms with Gasteiger partial charge >= 0.3 is 0 Å². The number of nitrogens with one attached hydrogen (secondary N) is 1. The number of likely N-dealkylation sites (tertiary alicyclic amines) is 1. The van der Waals surface area contributed by atoms with Crippen LogP contribution in [-0.2, 0) is 0 Å². The van der Waals surface area contributed by atoms with Crippen molar-refractivity contribution in [1.29, 1.82) is 0 Å². The van der Waals surface area contributed by atoms with Crippen molar-refractivity contribution in [2.24, 2.45) is 17.3 Å². The molecule has 1 aliphatic carbocycles. The summed E-state index contributed by atoms with van der Waals surface area (Å²) in [5.74, 6) is 1.93. The molecule has 3 atom stereocenters. The molecule has 3 unspecified atom stereocenters. The minimum absolute atomic E-state index is 0.612. The Morgan fingerprint density at radius 1 is 1.13 bits per heavy atom. The first-order valence-electron chi connectivity index (χ1n) is 6.59. The van der Waals surface area contributed by atoms with Crippen molar-refractivity contribution in [3.8, 4) is 0 Å². The molecule has 0 aromatic rings. The highest BCUT2D eigenvalue weighted by Crippen LogP contribution is 2.41. The molecule has 0 amide bonds. The summed E-state index contributed by atoms with van der Waals surface area (Å²) in [5.41, 5.74) is 0.612. The van der Waals surface area contributed by atoms with E-state index in [1.54, 1.807) is 0 Å². The minimum atomic E-state index is 0.612. The zero-order valence-corrected chi connectivity index (χ0v) is 10.1.